The third kappa shape index (κ3) is 7.35. The average Bonchev–Trinajstić information content (AvgIpc) is 2.95. The number of ether oxygens (including phenoxy) is 1. The number of rotatable bonds is 10. The fourth-order valence-corrected chi connectivity index (χ4v) is 4.51. The van der Waals surface area contributed by atoms with E-state index in [0.717, 1.165) is 22.3 Å². The lowest BCUT2D eigenvalue weighted by Crippen LogP contribution is -2.41. The van der Waals surface area contributed by atoms with Crippen molar-refractivity contribution < 1.29 is 14.3 Å². The monoisotopic (exact) mass is 520 g/mol. The Bertz CT molecular complexity index is 1360. The summed E-state index contributed by atoms with van der Waals surface area (Å²) in [5, 5.41) is 3.03. The molecule has 5 heteroatoms. The minimum atomic E-state index is -0.828. The summed E-state index contributed by atoms with van der Waals surface area (Å²) in [6.45, 7) is 6.61. The first kappa shape index (κ1) is 27.6. The molecule has 0 unspecified atom stereocenters. The lowest BCUT2D eigenvalue weighted by atomic mass is 9.97. The van der Waals surface area contributed by atoms with Crippen LogP contribution in [0.1, 0.15) is 53.6 Å². The molecule has 0 saturated carbocycles. The van der Waals surface area contributed by atoms with Gasteiger partial charge in [0, 0.05) is 12.2 Å². The van der Waals surface area contributed by atoms with Gasteiger partial charge in [-0.05, 0) is 59.4 Å². The molecule has 2 amide bonds. The molecule has 0 aliphatic rings. The van der Waals surface area contributed by atoms with E-state index in [1.807, 2.05) is 85.8 Å². The van der Waals surface area contributed by atoms with Gasteiger partial charge in [-0.3, -0.25) is 9.59 Å². The summed E-state index contributed by atoms with van der Waals surface area (Å²) in [4.78, 5) is 29.6. The molecule has 5 nitrogen and oxygen atoms in total. The normalized spacial score (nSPS) is 11.6. The molecule has 1 atom stereocenters. The van der Waals surface area contributed by atoms with Crippen LogP contribution in [-0.2, 0) is 22.6 Å². The fourth-order valence-electron chi connectivity index (χ4n) is 4.51. The van der Waals surface area contributed by atoms with Crippen LogP contribution in [0.3, 0.4) is 0 Å². The molecule has 1 N–H and O–H groups in total. The van der Waals surface area contributed by atoms with Crippen molar-refractivity contribution in [2.75, 3.05) is 12.4 Å². The number of benzene rings is 4. The Hall–Kier alpha value is -4.38. The van der Waals surface area contributed by atoms with Gasteiger partial charge < -0.3 is 15.0 Å². The van der Waals surface area contributed by atoms with Crippen molar-refractivity contribution in [2.24, 2.45) is 0 Å². The third-order valence-corrected chi connectivity index (χ3v) is 6.83. The second-order valence-electron chi connectivity index (χ2n) is 10.1. The van der Waals surface area contributed by atoms with Crippen LogP contribution in [0.15, 0.2) is 103 Å². The second-order valence-corrected chi connectivity index (χ2v) is 10.1. The quantitative estimate of drug-likeness (QED) is 0.243. The van der Waals surface area contributed by atoms with Crippen LogP contribution in [0.5, 0.6) is 5.75 Å². The Balaban J connectivity index is 1.74. The Morgan fingerprint density at radius 3 is 1.97 bits per heavy atom. The third-order valence-electron chi connectivity index (χ3n) is 6.83. The zero-order chi connectivity index (χ0) is 27.8. The van der Waals surface area contributed by atoms with E-state index < -0.39 is 6.04 Å². The molecule has 0 spiro atoms. The van der Waals surface area contributed by atoms with Crippen LogP contribution in [0.25, 0.3) is 0 Å². The van der Waals surface area contributed by atoms with Gasteiger partial charge in [0.05, 0.1) is 13.5 Å². The van der Waals surface area contributed by atoms with Gasteiger partial charge in [-0.15, -0.1) is 0 Å². The molecular formula is C34H36N2O3. The van der Waals surface area contributed by atoms with E-state index >= 15 is 0 Å². The number of hydrogen-bond donors (Lipinski definition) is 1. The maximum absolute atomic E-state index is 14.0. The molecule has 0 aliphatic heterocycles. The van der Waals surface area contributed by atoms with Crippen LogP contribution in [0.4, 0.5) is 5.69 Å². The van der Waals surface area contributed by atoms with Crippen molar-refractivity contribution in [3.8, 4) is 5.75 Å². The first-order chi connectivity index (χ1) is 18.8. The molecule has 0 aliphatic carbocycles. The molecule has 39 heavy (non-hydrogen) atoms. The molecule has 0 radical (unpaired) electrons. The van der Waals surface area contributed by atoms with E-state index in [0.29, 0.717) is 23.9 Å². The second kappa shape index (κ2) is 12.9. The number of nitrogens with zero attached hydrogens (tertiary/aromatic N) is 1. The van der Waals surface area contributed by atoms with Gasteiger partial charge in [0.2, 0.25) is 5.91 Å². The van der Waals surface area contributed by atoms with Crippen molar-refractivity contribution in [1.82, 2.24) is 4.90 Å². The molecule has 0 bridgehead atoms. The maximum atomic E-state index is 14.0. The predicted octanol–water partition coefficient (Wildman–Crippen LogP) is 7.08. The van der Waals surface area contributed by atoms with Gasteiger partial charge in [0.1, 0.15) is 11.8 Å². The fraction of sp³-hybridized carbons (Fsp3) is 0.235. The number of aryl methyl sites for hydroxylation is 1. The number of methoxy groups -OCH3 is 1. The van der Waals surface area contributed by atoms with Gasteiger partial charge >= 0.3 is 0 Å². The summed E-state index contributed by atoms with van der Waals surface area (Å²) in [5.41, 5.74) is 5.58. The van der Waals surface area contributed by atoms with Crippen molar-refractivity contribution in [3.63, 3.8) is 0 Å². The Labute approximate surface area is 231 Å². The largest absolute Gasteiger partial charge is 0.497 e. The first-order valence-electron chi connectivity index (χ1n) is 13.3. The molecule has 4 aromatic rings. The zero-order valence-corrected chi connectivity index (χ0v) is 23.1. The number of carbonyl (C=O) groups is 2. The molecular weight excluding hydrogens is 484 g/mol. The van der Waals surface area contributed by atoms with E-state index in [1.165, 1.54) is 5.56 Å². The summed E-state index contributed by atoms with van der Waals surface area (Å²) in [7, 11) is 1.60. The van der Waals surface area contributed by atoms with E-state index in [9.17, 15) is 9.59 Å². The lowest BCUT2D eigenvalue weighted by Gasteiger charge is -2.32. The number of anilines is 1. The van der Waals surface area contributed by atoms with E-state index in [4.69, 9.17) is 4.74 Å². The summed E-state index contributed by atoms with van der Waals surface area (Å²) < 4.78 is 5.26. The summed E-state index contributed by atoms with van der Waals surface area (Å²) in [6.07, 6.45) is 0.198. The summed E-state index contributed by atoms with van der Waals surface area (Å²) in [6, 6.07) is 32.1. The van der Waals surface area contributed by atoms with Crippen LogP contribution in [0.2, 0.25) is 0 Å². The van der Waals surface area contributed by atoms with Crippen molar-refractivity contribution in [3.05, 3.63) is 131 Å². The average molecular weight is 521 g/mol. The van der Waals surface area contributed by atoms with Gasteiger partial charge in [-0.1, -0.05) is 98.3 Å². The standard InChI is InChI=1S/C34H36N2O3/c1-24(2)28-14-16-29(17-15-28)33(34(38)35-30-18-20-31(39-4)21-19-30)36(23-27-12-10-25(3)11-13-27)32(37)22-26-8-6-5-7-9-26/h5-21,24,33H,22-23H2,1-4H3,(H,35,38)/t33-/m0/s1. The number of nitrogens with one attached hydrogen (secondary N) is 1. The van der Waals surface area contributed by atoms with Gasteiger partial charge in [-0.25, -0.2) is 0 Å². The SMILES string of the molecule is COc1ccc(NC(=O)[C@H](c2ccc(C(C)C)cc2)N(Cc2ccc(C)cc2)C(=O)Cc2ccccc2)cc1. The van der Waals surface area contributed by atoms with Gasteiger partial charge in [-0.2, -0.15) is 0 Å². The van der Waals surface area contributed by atoms with Gasteiger partial charge in [0.25, 0.3) is 5.91 Å². The van der Waals surface area contributed by atoms with Crippen LogP contribution < -0.4 is 10.1 Å². The molecule has 0 aromatic heterocycles. The van der Waals surface area contributed by atoms with Gasteiger partial charge in [0.15, 0.2) is 0 Å². The number of carbonyl (C=O) groups excluding carboxylic acids is 2. The Kier molecular flexibility index (Phi) is 9.16. The predicted molar refractivity (Wildman–Crippen MR) is 157 cm³/mol. The molecule has 4 rings (SSSR count). The van der Waals surface area contributed by atoms with Crippen LogP contribution in [0, 0.1) is 6.92 Å². The molecule has 0 fully saturated rings. The van der Waals surface area contributed by atoms with Crippen molar-refractivity contribution in [1.29, 1.82) is 0 Å². The van der Waals surface area contributed by atoms with E-state index in [-0.39, 0.29) is 18.2 Å². The highest BCUT2D eigenvalue weighted by molar-refractivity contribution is 5.98. The minimum Gasteiger partial charge on any atom is -0.497 e. The lowest BCUT2D eigenvalue weighted by molar-refractivity contribution is -0.139. The number of amides is 2. The highest BCUT2D eigenvalue weighted by Gasteiger charge is 2.32. The van der Waals surface area contributed by atoms with Crippen LogP contribution in [-0.4, -0.2) is 23.8 Å². The smallest absolute Gasteiger partial charge is 0.251 e. The maximum Gasteiger partial charge on any atom is 0.251 e. The molecule has 4 aromatic carbocycles. The van der Waals surface area contributed by atoms with E-state index in [2.05, 4.69) is 19.2 Å². The van der Waals surface area contributed by atoms with Crippen LogP contribution >= 0.6 is 0 Å². The minimum absolute atomic E-state index is 0.121. The summed E-state index contributed by atoms with van der Waals surface area (Å²) in [5.74, 6) is 0.664. The van der Waals surface area contributed by atoms with Crippen molar-refractivity contribution in [2.45, 2.75) is 45.7 Å². The number of hydrogen-bond acceptors (Lipinski definition) is 3. The highest BCUT2D eigenvalue weighted by atomic mass is 16.5. The molecule has 0 heterocycles. The topological polar surface area (TPSA) is 58.6 Å². The summed E-state index contributed by atoms with van der Waals surface area (Å²) >= 11 is 0. The Morgan fingerprint density at radius 2 is 1.38 bits per heavy atom. The zero-order valence-electron chi connectivity index (χ0n) is 23.1. The highest BCUT2D eigenvalue weighted by Crippen LogP contribution is 2.28. The van der Waals surface area contributed by atoms with Crippen molar-refractivity contribution >= 4 is 17.5 Å². The Morgan fingerprint density at radius 1 is 0.769 bits per heavy atom. The molecule has 0 saturated heterocycles. The first-order valence-corrected chi connectivity index (χ1v) is 13.3. The van der Waals surface area contributed by atoms with E-state index in [1.54, 1.807) is 36.3 Å². The molecule has 200 valence electrons.